The van der Waals surface area contributed by atoms with E-state index in [9.17, 15) is 24.0 Å². The van der Waals surface area contributed by atoms with Crippen LogP contribution >= 0.6 is 0 Å². The molecule has 282 valence electrons. The maximum absolute atomic E-state index is 14.9. The molecule has 2 amide bonds. The van der Waals surface area contributed by atoms with E-state index in [-0.39, 0.29) is 64.7 Å². The van der Waals surface area contributed by atoms with Gasteiger partial charge in [0.05, 0.1) is 18.2 Å². The van der Waals surface area contributed by atoms with Gasteiger partial charge in [-0.1, -0.05) is 74.1 Å². The number of ether oxygens (including phenoxy) is 1. The van der Waals surface area contributed by atoms with Gasteiger partial charge in [-0.3, -0.25) is 28.9 Å². The smallest absolute Gasteiger partial charge is 0.285 e. The lowest BCUT2D eigenvalue weighted by molar-refractivity contribution is -0.147. The summed E-state index contributed by atoms with van der Waals surface area (Å²) in [5.74, 6) is -2.34. The van der Waals surface area contributed by atoms with E-state index < -0.39 is 35.0 Å². The number of ketones is 3. The number of likely N-dealkylation sites (tertiary alicyclic amines) is 1. The monoisotopic (exact) mass is 698 g/mol. The molecule has 0 radical (unpaired) electrons. The number of amides is 2. The maximum atomic E-state index is 14.9. The number of Topliss-reactive ketones (excluding diaryl/α,β-unsaturated/α-hetero) is 3. The van der Waals surface area contributed by atoms with Crippen molar-refractivity contribution in [2.24, 2.45) is 57.0 Å². The molecule has 9 heteroatoms. The SMILES string of the molecule is CC(C)[C@H](CC(=O)C[C@H](C(=O)N1C[C@]2(C[C@H]1C(=O)CC(CC1CCC1)C(=O)C(N)=O)C(C)(C)C21CCC1)C(C)(C)C)CN1C[C@@H](C)O[C@@H](C)C1. The number of nitrogens with two attached hydrogens (primary N) is 1. The molecule has 9 nitrogen and oxygen atoms in total. The molecule has 2 saturated heterocycles. The summed E-state index contributed by atoms with van der Waals surface area (Å²) in [4.78, 5) is 72.6. The summed E-state index contributed by atoms with van der Waals surface area (Å²) < 4.78 is 5.94. The van der Waals surface area contributed by atoms with E-state index in [1.807, 2.05) is 25.7 Å². The van der Waals surface area contributed by atoms with Gasteiger partial charge in [-0.2, -0.15) is 0 Å². The first-order valence-electron chi connectivity index (χ1n) is 19.8. The van der Waals surface area contributed by atoms with E-state index in [1.54, 1.807) is 0 Å². The molecule has 3 saturated carbocycles. The molecule has 50 heavy (non-hydrogen) atoms. The normalized spacial score (nSPS) is 30.8. The lowest BCUT2D eigenvalue weighted by Gasteiger charge is -2.38. The number of rotatable bonds is 15. The van der Waals surface area contributed by atoms with E-state index in [2.05, 4.69) is 46.4 Å². The second kappa shape index (κ2) is 14.4. The molecule has 2 spiro atoms. The zero-order valence-electron chi connectivity index (χ0n) is 32.6. The van der Waals surface area contributed by atoms with Gasteiger partial charge < -0.3 is 15.4 Å². The number of primary amides is 1. The summed E-state index contributed by atoms with van der Waals surface area (Å²) >= 11 is 0. The highest BCUT2D eigenvalue weighted by Crippen LogP contribution is 2.88. The fourth-order valence-corrected chi connectivity index (χ4v) is 11.0. The third-order valence-electron chi connectivity index (χ3n) is 14.6. The molecule has 2 heterocycles. The van der Waals surface area contributed by atoms with Gasteiger partial charge in [0, 0.05) is 62.7 Å². The van der Waals surface area contributed by atoms with Crippen LogP contribution in [0.4, 0.5) is 0 Å². The second-order valence-corrected chi connectivity index (χ2v) is 19.3. The number of hydrogen-bond acceptors (Lipinski definition) is 7. The van der Waals surface area contributed by atoms with Crippen LogP contribution in [0, 0.1) is 51.2 Å². The van der Waals surface area contributed by atoms with Crippen LogP contribution < -0.4 is 5.73 Å². The number of nitrogens with zero attached hydrogens (tertiary/aromatic N) is 2. The number of fused-ring (bicyclic) bond motifs is 1. The van der Waals surface area contributed by atoms with Crippen molar-refractivity contribution in [2.75, 3.05) is 26.2 Å². The summed E-state index contributed by atoms with van der Waals surface area (Å²) in [6.45, 7) is 22.2. The second-order valence-electron chi connectivity index (χ2n) is 19.3. The van der Waals surface area contributed by atoms with Crippen molar-refractivity contribution in [1.29, 1.82) is 0 Å². The first-order chi connectivity index (χ1) is 23.2. The number of morpholine rings is 1. The first kappa shape index (κ1) is 39.1. The molecule has 3 aliphatic carbocycles. The van der Waals surface area contributed by atoms with Crippen molar-refractivity contribution >= 4 is 29.2 Å². The molecular formula is C41H67N3O6. The van der Waals surface area contributed by atoms with E-state index in [1.165, 1.54) is 0 Å². The van der Waals surface area contributed by atoms with E-state index in [0.29, 0.717) is 37.6 Å². The molecule has 5 fully saturated rings. The fraction of sp³-hybridized carbons (Fsp3) is 0.878. The quantitative estimate of drug-likeness (QED) is 0.208. The zero-order chi connectivity index (χ0) is 37.0. The lowest BCUT2D eigenvalue weighted by atomic mass is 9.73. The fourth-order valence-electron chi connectivity index (χ4n) is 11.0. The van der Waals surface area contributed by atoms with Crippen LogP contribution in [0.5, 0.6) is 0 Å². The number of carbonyl (C=O) groups is 5. The summed E-state index contributed by atoms with van der Waals surface area (Å²) in [6.07, 6.45) is 8.33. The minimum Gasteiger partial charge on any atom is -0.373 e. The molecule has 7 atom stereocenters. The third kappa shape index (κ3) is 7.25. The molecule has 0 aromatic rings. The van der Waals surface area contributed by atoms with Gasteiger partial charge in [-0.15, -0.1) is 0 Å². The highest BCUT2D eigenvalue weighted by Gasteiger charge is 2.85. The predicted molar refractivity (Wildman–Crippen MR) is 194 cm³/mol. The van der Waals surface area contributed by atoms with Crippen LogP contribution in [0.1, 0.15) is 133 Å². The lowest BCUT2D eigenvalue weighted by Crippen LogP contribution is -2.48. The average molecular weight is 698 g/mol. The minimum atomic E-state index is -0.988. The Morgan fingerprint density at radius 3 is 1.98 bits per heavy atom. The Morgan fingerprint density at radius 2 is 1.52 bits per heavy atom. The molecule has 5 aliphatic rings. The predicted octanol–water partition coefficient (Wildman–Crippen LogP) is 6.00. The van der Waals surface area contributed by atoms with Crippen LogP contribution in [-0.2, 0) is 28.7 Å². The van der Waals surface area contributed by atoms with Crippen LogP contribution in [0.2, 0.25) is 0 Å². The Morgan fingerprint density at radius 1 is 0.900 bits per heavy atom. The van der Waals surface area contributed by atoms with E-state index in [0.717, 1.165) is 58.2 Å². The van der Waals surface area contributed by atoms with Crippen molar-refractivity contribution < 1.29 is 28.7 Å². The zero-order valence-corrected chi connectivity index (χ0v) is 32.6. The van der Waals surface area contributed by atoms with Crippen molar-refractivity contribution in [3.8, 4) is 0 Å². The third-order valence-corrected chi connectivity index (χ3v) is 14.6. The molecule has 2 aliphatic heterocycles. The topological polar surface area (TPSA) is 127 Å². The minimum absolute atomic E-state index is 0.00773. The van der Waals surface area contributed by atoms with Gasteiger partial charge in [0.2, 0.25) is 11.7 Å². The Bertz CT molecular complexity index is 1320. The van der Waals surface area contributed by atoms with Gasteiger partial charge in [0.1, 0.15) is 5.78 Å². The molecule has 2 N–H and O–H groups in total. The van der Waals surface area contributed by atoms with Crippen LogP contribution in [0.25, 0.3) is 0 Å². The highest BCUT2D eigenvalue weighted by atomic mass is 16.5. The summed E-state index contributed by atoms with van der Waals surface area (Å²) in [6, 6.07) is -0.667. The molecule has 0 aromatic heterocycles. The van der Waals surface area contributed by atoms with Gasteiger partial charge in [0.25, 0.3) is 5.91 Å². The van der Waals surface area contributed by atoms with Gasteiger partial charge in [-0.05, 0) is 73.5 Å². The molecule has 0 aromatic carbocycles. The average Bonchev–Trinajstić information content (AvgIpc) is 3.18. The largest absolute Gasteiger partial charge is 0.373 e. The summed E-state index contributed by atoms with van der Waals surface area (Å²) in [5, 5.41) is 0. The summed E-state index contributed by atoms with van der Waals surface area (Å²) in [7, 11) is 0. The van der Waals surface area contributed by atoms with Crippen molar-refractivity contribution in [3.63, 3.8) is 0 Å². The molecular weight excluding hydrogens is 630 g/mol. The standard InChI is InChI=1S/C41H67N3O6/c1-25(2)30(23-43-21-26(3)50-27(4)22-43)17-31(45)19-32(38(5,6)7)37(49)44-24-41(39(8,9)40(41)14-11-15-40)20-33(44)34(46)18-29(35(47)36(42)48)16-28-12-10-13-28/h25-30,32-33H,10-24H2,1-9H3,(H2,42,48)/t26-,27+,29?,30-,32-,33+,41-/m1/s1. The van der Waals surface area contributed by atoms with Crippen LogP contribution in [-0.4, -0.2) is 83.4 Å². The molecule has 1 unspecified atom stereocenters. The summed E-state index contributed by atoms with van der Waals surface area (Å²) in [5.41, 5.74) is 4.93. The Hall–Kier alpha value is -2.13. The van der Waals surface area contributed by atoms with Crippen LogP contribution in [0.15, 0.2) is 0 Å². The molecule has 0 bridgehead atoms. The first-order valence-corrected chi connectivity index (χ1v) is 19.8. The van der Waals surface area contributed by atoms with E-state index >= 15 is 0 Å². The van der Waals surface area contributed by atoms with Gasteiger partial charge in [0.15, 0.2) is 5.78 Å². The molecule has 5 rings (SSSR count). The van der Waals surface area contributed by atoms with Crippen molar-refractivity contribution in [1.82, 2.24) is 9.80 Å². The van der Waals surface area contributed by atoms with Crippen LogP contribution in [0.3, 0.4) is 0 Å². The number of carbonyl (C=O) groups excluding carboxylic acids is 5. The Kier molecular flexibility index (Phi) is 11.2. The van der Waals surface area contributed by atoms with Gasteiger partial charge >= 0.3 is 0 Å². The number of hydrogen-bond donors (Lipinski definition) is 1. The van der Waals surface area contributed by atoms with Gasteiger partial charge in [-0.25, -0.2) is 0 Å². The van der Waals surface area contributed by atoms with Crippen molar-refractivity contribution in [2.45, 2.75) is 151 Å². The van der Waals surface area contributed by atoms with E-state index in [4.69, 9.17) is 10.5 Å². The van der Waals surface area contributed by atoms with Crippen molar-refractivity contribution in [3.05, 3.63) is 0 Å². The Balaban J connectivity index is 1.36. The maximum Gasteiger partial charge on any atom is 0.285 e. The highest BCUT2D eigenvalue weighted by molar-refractivity contribution is 6.36. The Labute approximate surface area is 301 Å².